The normalized spacial score (nSPS) is 28.1. The van der Waals surface area contributed by atoms with Gasteiger partial charge in [0.15, 0.2) is 0 Å². The topological polar surface area (TPSA) is 112 Å². The van der Waals surface area contributed by atoms with E-state index in [-0.39, 0.29) is 18.6 Å². The third kappa shape index (κ3) is 3.87. The van der Waals surface area contributed by atoms with E-state index in [0.717, 1.165) is 35.3 Å². The summed E-state index contributed by atoms with van der Waals surface area (Å²) >= 11 is 0. The standard InChI is InChI=1S/C25H32N4O4/c1-26-10-5-11-33-17-7-4-6-16(12-17)14-27-24-28-19-8-2-3-9-20(19)29(24)21-18-13-25(18,15-30)23(32)22(21)31/h2-4,6-9,12,18,21-23,26,30-32H,5,10-11,13-15H2,1H3,(H,27,28). The largest absolute Gasteiger partial charge is 0.494 e. The van der Waals surface area contributed by atoms with Crippen LogP contribution in [0.5, 0.6) is 5.75 Å². The minimum atomic E-state index is -0.955. The Labute approximate surface area is 193 Å². The fourth-order valence-electron chi connectivity index (χ4n) is 5.36. The molecule has 0 radical (unpaired) electrons. The molecule has 5 N–H and O–H groups in total. The number of hydrogen-bond donors (Lipinski definition) is 5. The van der Waals surface area contributed by atoms with Gasteiger partial charge in [-0.2, -0.15) is 0 Å². The van der Waals surface area contributed by atoms with Crippen molar-refractivity contribution in [3.05, 3.63) is 54.1 Å². The van der Waals surface area contributed by atoms with Crippen molar-refractivity contribution in [2.45, 2.75) is 37.6 Å². The Morgan fingerprint density at radius 2 is 2.03 bits per heavy atom. The summed E-state index contributed by atoms with van der Waals surface area (Å²) in [6, 6.07) is 15.5. The number of anilines is 1. The van der Waals surface area contributed by atoms with E-state index in [2.05, 4.69) is 10.6 Å². The number of aromatic nitrogens is 2. The first kappa shape index (κ1) is 22.2. The van der Waals surface area contributed by atoms with E-state index in [1.54, 1.807) is 0 Å². The van der Waals surface area contributed by atoms with Crippen molar-refractivity contribution in [3.8, 4) is 5.75 Å². The third-order valence-corrected chi connectivity index (χ3v) is 7.23. The second kappa shape index (κ2) is 8.95. The summed E-state index contributed by atoms with van der Waals surface area (Å²) in [6.45, 7) is 1.99. The molecule has 2 aliphatic carbocycles. The van der Waals surface area contributed by atoms with Crippen molar-refractivity contribution in [1.82, 2.24) is 14.9 Å². The van der Waals surface area contributed by atoms with Gasteiger partial charge >= 0.3 is 0 Å². The second-order valence-electron chi connectivity index (χ2n) is 9.23. The second-order valence-corrected chi connectivity index (χ2v) is 9.23. The molecule has 1 aromatic heterocycles. The molecule has 8 nitrogen and oxygen atoms in total. The van der Waals surface area contributed by atoms with E-state index in [1.165, 1.54) is 0 Å². The first-order chi connectivity index (χ1) is 16.1. The van der Waals surface area contributed by atoms with Gasteiger partial charge in [-0.1, -0.05) is 24.3 Å². The summed E-state index contributed by atoms with van der Waals surface area (Å²) in [5, 5.41) is 38.0. The molecule has 5 rings (SSSR count). The number of aliphatic hydroxyl groups is 3. The smallest absolute Gasteiger partial charge is 0.204 e. The van der Waals surface area contributed by atoms with Gasteiger partial charge in [-0.25, -0.2) is 4.98 Å². The van der Waals surface area contributed by atoms with Crippen LogP contribution >= 0.6 is 0 Å². The van der Waals surface area contributed by atoms with Crippen molar-refractivity contribution in [1.29, 1.82) is 0 Å². The molecule has 0 saturated heterocycles. The van der Waals surface area contributed by atoms with Gasteiger partial charge in [-0.15, -0.1) is 0 Å². The predicted molar refractivity (Wildman–Crippen MR) is 126 cm³/mol. The summed E-state index contributed by atoms with van der Waals surface area (Å²) in [5.41, 5.74) is 2.18. The van der Waals surface area contributed by atoms with Gasteiger partial charge in [-0.3, -0.25) is 0 Å². The summed E-state index contributed by atoms with van der Waals surface area (Å²) in [4.78, 5) is 4.78. The Balaban J connectivity index is 1.38. The highest BCUT2D eigenvalue weighted by Gasteiger charge is 2.71. The Hall–Kier alpha value is -2.65. The lowest BCUT2D eigenvalue weighted by molar-refractivity contribution is -0.0298. The molecule has 5 unspecified atom stereocenters. The number of rotatable bonds is 10. The molecule has 8 heteroatoms. The maximum atomic E-state index is 10.9. The Morgan fingerprint density at radius 3 is 2.82 bits per heavy atom. The van der Waals surface area contributed by atoms with E-state index in [4.69, 9.17) is 9.72 Å². The van der Waals surface area contributed by atoms with Crippen LogP contribution in [0.4, 0.5) is 5.95 Å². The summed E-state index contributed by atoms with van der Waals surface area (Å²) < 4.78 is 7.86. The van der Waals surface area contributed by atoms with Crippen LogP contribution in [0, 0.1) is 11.3 Å². The molecule has 0 aliphatic heterocycles. The molecule has 1 heterocycles. The van der Waals surface area contributed by atoms with Crippen molar-refractivity contribution < 1.29 is 20.1 Å². The summed E-state index contributed by atoms with van der Waals surface area (Å²) in [5.74, 6) is 1.49. The molecular formula is C25H32N4O4. The number of benzene rings is 2. The van der Waals surface area contributed by atoms with Crippen LogP contribution < -0.4 is 15.4 Å². The lowest BCUT2D eigenvalue weighted by Gasteiger charge is -2.25. The van der Waals surface area contributed by atoms with Gasteiger partial charge in [0.1, 0.15) is 11.9 Å². The molecule has 2 aliphatic rings. The van der Waals surface area contributed by atoms with Crippen molar-refractivity contribution in [2.24, 2.45) is 11.3 Å². The maximum absolute atomic E-state index is 10.9. The molecule has 0 spiro atoms. The van der Waals surface area contributed by atoms with Crippen LogP contribution in [0.2, 0.25) is 0 Å². The number of hydrogen-bond acceptors (Lipinski definition) is 7. The van der Waals surface area contributed by atoms with Gasteiger partial charge in [0.25, 0.3) is 0 Å². The Kier molecular flexibility index (Phi) is 6.01. The number of aliphatic hydroxyl groups excluding tert-OH is 3. The quantitative estimate of drug-likeness (QED) is 0.299. The number of para-hydroxylation sites is 2. The summed E-state index contributed by atoms with van der Waals surface area (Å²) in [7, 11) is 1.93. The molecule has 2 fully saturated rings. The zero-order valence-electron chi connectivity index (χ0n) is 18.8. The highest BCUT2D eigenvalue weighted by molar-refractivity contribution is 5.79. The van der Waals surface area contributed by atoms with Crippen LogP contribution in [0.25, 0.3) is 11.0 Å². The lowest BCUT2D eigenvalue weighted by Crippen LogP contribution is -2.35. The van der Waals surface area contributed by atoms with Crippen LogP contribution in [0.15, 0.2) is 48.5 Å². The zero-order valence-corrected chi connectivity index (χ0v) is 18.8. The Bertz CT molecular complexity index is 1120. The van der Waals surface area contributed by atoms with Crippen LogP contribution in [-0.2, 0) is 6.54 Å². The van der Waals surface area contributed by atoms with E-state index in [0.29, 0.717) is 25.5 Å². The minimum absolute atomic E-state index is 0.0139. The highest BCUT2D eigenvalue weighted by atomic mass is 16.5. The Morgan fingerprint density at radius 1 is 1.18 bits per heavy atom. The van der Waals surface area contributed by atoms with E-state index in [9.17, 15) is 15.3 Å². The van der Waals surface area contributed by atoms with Crippen LogP contribution in [-0.4, -0.2) is 63.9 Å². The minimum Gasteiger partial charge on any atom is -0.494 e. The van der Waals surface area contributed by atoms with Gasteiger partial charge < -0.3 is 35.3 Å². The van der Waals surface area contributed by atoms with Gasteiger partial charge in [0.2, 0.25) is 5.95 Å². The van der Waals surface area contributed by atoms with Gasteiger partial charge in [0, 0.05) is 12.0 Å². The number of fused-ring (bicyclic) bond motifs is 2. The number of nitrogens with one attached hydrogen (secondary N) is 2. The van der Waals surface area contributed by atoms with Crippen molar-refractivity contribution in [2.75, 3.05) is 32.1 Å². The van der Waals surface area contributed by atoms with Crippen LogP contribution in [0.1, 0.15) is 24.4 Å². The highest BCUT2D eigenvalue weighted by Crippen LogP contribution is 2.67. The number of imidazole rings is 1. The van der Waals surface area contributed by atoms with E-state index < -0.39 is 17.6 Å². The predicted octanol–water partition coefficient (Wildman–Crippen LogP) is 1.91. The van der Waals surface area contributed by atoms with Gasteiger partial charge in [0.05, 0.1) is 36.4 Å². The fraction of sp³-hybridized carbons (Fsp3) is 0.480. The van der Waals surface area contributed by atoms with Crippen LogP contribution in [0.3, 0.4) is 0 Å². The third-order valence-electron chi connectivity index (χ3n) is 7.23. The monoisotopic (exact) mass is 452 g/mol. The first-order valence-electron chi connectivity index (χ1n) is 11.6. The maximum Gasteiger partial charge on any atom is 0.204 e. The van der Waals surface area contributed by atoms with Gasteiger partial charge in [-0.05, 0) is 62.2 Å². The molecule has 0 amide bonds. The number of nitrogens with zero attached hydrogens (tertiary/aromatic N) is 2. The molecule has 33 heavy (non-hydrogen) atoms. The lowest BCUT2D eigenvalue weighted by atomic mass is 10.0. The van der Waals surface area contributed by atoms with E-state index in [1.807, 2.05) is 60.1 Å². The average Bonchev–Trinajstić information content (AvgIpc) is 3.40. The molecule has 2 saturated carbocycles. The SMILES string of the molecule is CNCCCOc1cccc(CNc2nc3ccccc3n2C2C(O)C(O)C3(CO)CC23)c1. The number of ether oxygens (including phenoxy) is 1. The zero-order chi connectivity index (χ0) is 23.0. The molecular weight excluding hydrogens is 420 g/mol. The van der Waals surface area contributed by atoms with Crippen molar-refractivity contribution in [3.63, 3.8) is 0 Å². The molecule has 3 aromatic rings. The molecule has 0 bridgehead atoms. The molecule has 2 aromatic carbocycles. The fourth-order valence-corrected chi connectivity index (χ4v) is 5.36. The van der Waals surface area contributed by atoms with Crippen molar-refractivity contribution >= 4 is 17.0 Å². The molecule has 176 valence electrons. The van der Waals surface area contributed by atoms with E-state index >= 15 is 0 Å². The first-order valence-corrected chi connectivity index (χ1v) is 11.6. The summed E-state index contributed by atoms with van der Waals surface area (Å²) in [6.07, 6.45) is -0.257. The average molecular weight is 453 g/mol. The molecule has 5 atom stereocenters.